The molecule has 1 N–H and O–H groups in total. The molecule has 0 radical (unpaired) electrons. The highest BCUT2D eigenvalue weighted by molar-refractivity contribution is 7.15. The van der Waals surface area contributed by atoms with E-state index in [4.69, 9.17) is 4.74 Å². The summed E-state index contributed by atoms with van der Waals surface area (Å²) in [7, 11) is 0. The molecule has 0 unspecified atom stereocenters. The first-order valence-corrected chi connectivity index (χ1v) is 7.10. The molecule has 2 rings (SSSR count). The number of carbonyl (C=O) groups excluding carboxylic acids is 3. The molecular formula is C15H12FNO4S. The van der Waals surface area contributed by atoms with Gasteiger partial charge in [0.1, 0.15) is 10.7 Å². The molecule has 1 amide bonds. The Balaban J connectivity index is 1.87. The molecule has 22 heavy (non-hydrogen) atoms. The van der Waals surface area contributed by atoms with Crippen LogP contribution in [0.3, 0.4) is 0 Å². The zero-order valence-corrected chi connectivity index (χ0v) is 12.4. The van der Waals surface area contributed by atoms with Crippen LogP contribution < -0.4 is 5.32 Å². The van der Waals surface area contributed by atoms with Crippen molar-refractivity contribution in [1.29, 1.82) is 0 Å². The van der Waals surface area contributed by atoms with E-state index in [0.717, 1.165) is 17.4 Å². The van der Waals surface area contributed by atoms with E-state index in [-0.39, 0.29) is 16.3 Å². The van der Waals surface area contributed by atoms with E-state index in [1.54, 1.807) is 0 Å². The molecule has 0 atom stereocenters. The van der Waals surface area contributed by atoms with Gasteiger partial charge in [0.15, 0.2) is 12.4 Å². The van der Waals surface area contributed by atoms with Crippen molar-refractivity contribution in [3.05, 3.63) is 52.0 Å². The standard InChI is InChI=1S/C15H12FNO4S/c1-9(18)12-5-6-13(22-12)15(20)21-8-14(19)17-11-4-2-3-10(16)7-11/h2-7H,8H2,1H3,(H,17,19). The predicted molar refractivity (Wildman–Crippen MR) is 79.6 cm³/mol. The number of nitrogens with one attached hydrogen (secondary N) is 1. The average Bonchev–Trinajstić information content (AvgIpc) is 2.95. The molecule has 0 saturated heterocycles. The molecule has 0 aliphatic carbocycles. The van der Waals surface area contributed by atoms with Crippen molar-refractivity contribution in [2.24, 2.45) is 0 Å². The molecule has 7 heteroatoms. The third-order valence-corrected chi connectivity index (χ3v) is 3.76. The molecule has 0 bridgehead atoms. The fraction of sp³-hybridized carbons (Fsp3) is 0.133. The first kappa shape index (κ1) is 15.8. The van der Waals surface area contributed by atoms with Gasteiger partial charge in [0, 0.05) is 5.69 Å². The van der Waals surface area contributed by atoms with Gasteiger partial charge >= 0.3 is 5.97 Å². The number of thiophene rings is 1. The second-order valence-electron chi connectivity index (χ2n) is 4.35. The lowest BCUT2D eigenvalue weighted by Gasteiger charge is -2.05. The van der Waals surface area contributed by atoms with Crippen LogP contribution in [-0.4, -0.2) is 24.3 Å². The highest BCUT2D eigenvalue weighted by Gasteiger charge is 2.14. The number of carbonyl (C=O) groups is 3. The van der Waals surface area contributed by atoms with E-state index >= 15 is 0 Å². The fourth-order valence-corrected chi connectivity index (χ4v) is 2.40. The normalized spacial score (nSPS) is 10.1. The summed E-state index contributed by atoms with van der Waals surface area (Å²) in [6.07, 6.45) is 0. The Bertz CT molecular complexity index is 726. The lowest BCUT2D eigenvalue weighted by molar-refractivity contribution is -0.119. The van der Waals surface area contributed by atoms with E-state index in [0.29, 0.717) is 4.88 Å². The molecule has 1 heterocycles. The van der Waals surface area contributed by atoms with Crippen molar-refractivity contribution < 1.29 is 23.5 Å². The SMILES string of the molecule is CC(=O)c1ccc(C(=O)OCC(=O)Nc2cccc(F)c2)s1. The van der Waals surface area contributed by atoms with Crippen LogP contribution in [0.25, 0.3) is 0 Å². The van der Waals surface area contributed by atoms with Gasteiger partial charge in [-0.15, -0.1) is 11.3 Å². The molecule has 0 aliphatic heterocycles. The number of ketones is 1. The highest BCUT2D eigenvalue weighted by atomic mass is 32.1. The topological polar surface area (TPSA) is 72.5 Å². The number of hydrogen-bond donors (Lipinski definition) is 1. The molecule has 0 saturated carbocycles. The molecule has 2 aromatic rings. The van der Waals surface area contributed by atoms with Crippen LogP contribution >= 0.6 is 11.3 Å². The van der Waals surface area contributed by atoms with Gasteiger partial charge in [-0.2, -0.15) is 0 Å². The summed E-state index contributed by atoms with van der Waals surface area (Å²) in [4.78, 5) is 35.2. The van der Waals surface area contributed by atoms with Gasteiger partial charge in [0.2, 0.25) is 0 Å². The van der Waals surface area contributed by atoms with E-state index in [9.17, 15) is 18.8 Å². The second kappa shape index (κ2) is 6.95. The van der Waals surface area contributed by atoms with Crippen LogP contribution in [0.2, 0.25) is 0 Å². The van der Waals surface area contributed by atoms with Gasteiger partial charge in [-0.1, -0.05) is 6.07 Å². The molecule has 0 aliphatic rings. The summed E-state index contributed by atoms with van der Waals surface area (Å²) in [6, 6.07) is 8.36. The largest absolute Gasteiger partial charge is 0.451 e. The van der Waals surface area contributed by atoms with Crippen LogP contribution in [0.5, 0.6) is 0 Å². The van der Waals surface area contributed by atoms with E-state index in [2.05, 4.69) is 5.32 Å². The van der Waals surface area contributed by atoms with Crippen molar-refractivity contribution >= 4 is 34.7 Å². The zero-order valence-electron chi connectivity index (χ0n) is 11.6. The Morgan fingerprint density at radius 3 is 2.55 bits per heavy atom. The van der Waals surface area contributed by atoms with Gasteiger partial charge < -0.3 is 10.1 Å². The van der Waals surface area contributed by atoms with Crippen LogP contribution in [0.15, 0.2) is 36.4 Å². The molecule has 0 fully saturated rings. The number of anilines is 1. The minimum absolute atomic E-state index is 0.145. The molecule has 0 spiro atoms. The first-order valence-electron chi connectivity index (χ1n) is 6.29. The minimum atomic E-state index is -0.688. The fourth-order valence-electron chi connectivity index (χ4n) is 1.60. The van der Waals surface area contributed by atoms with Crippen molar-refractivity contribution in [3.63, 3.8) is 0 Å². The summed E-state index contributed by atoms with van der Waals surface area (Å²) in [5.41, 5.74) is 0.274. The third kappa shape index (κ3) is 4.23. The maximum absolute atomic E-state index is 13.0. The van der Waals surface area contributed by atoms with Gasteiger partial charge in [-0.25, -0.2) is 9.18 Å². The Morgan fingerprint density at radius 2 is 1.91 bits per heavy atom. The quantitative estimate of drug-likeness (QED) is 0.679. The molecule has 1 aromatic carbocycles. The number of amides is 1. The maximum Gasteiger partial charge on any atom is 0.348 e. The summed E-state index contributed by atoms with van der Waals surface area (Å²) in [5, 5.41) is 2.41. The van der Waals surface area contributed by atoms with E-state index in [1.807, 2.05) is 0 Å². The number of esters is 1. The number of hydrogen-bond acceptors (Lipinski definition) is 5. The predicted octanol–water partition coefficient (Wildman–Crippen LogP) is 2.89. The Hall–Kier alpha value is -2.54. The number of rotatable bonds is 5. The van der Waals surface area contributed by atoms with Crippen LogP contribution in [0, 0.1) is 5.82 Å². The highest BCUT2D eigenvalue weighted by Crippen LogP contribution is 2.18. The Kier molecular flexibility index (Phi) is 5.00. The number of benzene rings is 1. The maximum atomic E-state index is 13.0. The van der Waals surface area contributed by atoms with Gasteiger partial charge in [0.05, 0.1) is 4.88 Å². The lowest BCUT2D eigenvalue weighted by Crippen LogP contribution is -2.20. The monoisotopic (exact) mass is 321 g/mol. The van der Waals surface area contributed by atoms with Crippen molar-refractivity contribution in [1.82, 2.24) is 0 Å². The molecule has 114 valence electrons. The average molecular weight is 321 g/mol. The third-order valence-electron chi connectivity index (χ3n) is 2.60. The summed E-state index contributed by atoms with van der Waals surface area (Å²) in [6.45, 7) is 0.899. The molecule has 5 nitrogen and oxygen atoms in total. The minimum Gasteiger partial charge on any atom is -0.451 e. The van der Waals surface area contributed by atoms with Gasteiger partial charge in [-0.05, 0) is 37.3 Å². The van der Waals surface area contributed by atoms with Crippen LogP contribution in [-0.2, 0) is 9.53 Å². The van der Waals surface area contributed by atoms with Crippen molar-refractivity contribution in [2.75, 3.05) is 11.9 Å². The number of ether oxygens (including phenoxy) is 1. The smallest absolute Gasteiger partial charge is 0.348 e. The van der Waals surface area contributed by atoms with Crippen LogP contribution in [0.1, 0.15) is 26.3 Å². The Morgan fingerprint density at radius 1 is 1.18 bits per heavy atom. The molecule has 1 aromatic heterocycles. The number of halogens is 1. The first-order chi connectivity index (χ1) is 10.5. The summed E-state index contributed by atoms with van der Waals surface area (Å²) < 4.78 is 17.8. The molecular weight excluding hydrogens is 309 g/mol. The summed E-state index contributed by atoms with van der Waals surface area (Å²) in [5.74, 6) is -1.90. The van der Waals surface area contributed by atoms with Crippen molar-refractivity contribution in [2.45, 2.75) is 6.92 Å². The van der Waals surface area contributed by atoms with Gasteiger partial charge in [0.25, 0.3) is 5.91 Å². The van der Waals surface area contributed by atoms with E-state index in [1.165, 1.54) is 37.3 Å². The second-order valence-corrected chi connectivity index (χ2v) is 5.44. The van der Waals surface area contributed by atoms with Gasteiger partial charge in [-0.3, -0.25) is 9.59 Å². The Labute approximate surface area is 129 Å². The van der Waals surface area contributed by atoms with E-state index < -0.39 is 24.3 Å². The lowest BCUT2D eigenvalue weighted by atomic mass is 10.3. The zero-order chi connectivity index (χ0) is 16.1. The number of Topliss-reactive ketones (excluding diaryl/α,β-unsaturated/α-hetero) is 1. The van der Waals surface area contributed by atoms with Crippen LogP contribution in [0.4, 0.5) is 10.1 Å². The summed E-state index contributed by atoms with van der Waals surface area (Å²) >= 11 is 1.00. The van der Waals surface area contributed by atoms with Crippen molar-refractivity contribution in [3.8, 4) is 0 Å².